The molecule has 3 aromatic rings. The zero-order valence-corrected chi connectivity index (χ0v) is 17.9. The number of aromatic amines is 1. The quantitative estimate of drug-likeness (QED) is 0.542. The van der Waals surface area contributed by atoms with E-state index in [0.29, 0.717) is 29.3 Å². The van der Waals surface area contributed by atoms with Gasteiger partial charge in [-0.05, 0) is 55.9 Å². The number of methoxy groups -OCH3 is 1. The van der Waals surface area contributed by atoms with Crippen LogP contribution in [0.4, 0.5) is 10.8 Å². The second-order valence-corrected chi connectivity index (χ2v) is 8.38. The largest absolute Gasteiger partial charge is 0.497 e. The fourth-order valence-corrected chi connectivity index (χ4v) is 5.03. The number of hydrogen-bond donors (Lipinski definition) is 2. The number of carbonyl (C=O) groups excluding carboxylic acids is 1. The number of fused-ring (bicyclic) bond motifs is 2. The van der Waals surface area contributed by atoms with Gasteiger partial charge in [0, 0.05) is 34.8 Å². The molecule has 2 heterocycles. The summed E-state index contributed by atoms with van der Waals surface area (Å²) in [6.07, 6.45) is 4.84. The van der Waals surface area contributed by atoms with Crippen LogP contribution in [0.1, 0.15) is 41.3 Å². The number of thiophene rings is 1. The fraction of sp³-hybridized carbons (Fsp3) is 0.364. The van der Waals surface area contributed by atoms with Crippen LogP contribution >= 0.6 is 11.3 Å². The first-order valence-electron chi connectivity index (χ1n) is 10.00. The number of H-pyrrole nitrogens is 1. The van der Waals surface area contributed by atoms with Crippen molar-refractivity contribution < 1.29 is 9.53 Å². The SMILES string of the molecule is COc1ccc2[nH]c(/N=N\c3sc4c(c3C#N)CCCC4)c(CCNC(C)=O)c2c1. The van der Waals surface area contributed by atoms with E-state index in [1.54, 1.807) is 18.4 Å². The van der Waals surface area contributed by atoms with Crippen molar-refractivity contribution in [1.29, 1.82) is 5.26 Å². The lowest BCUT2D eigenvalue weighted by Crippen LogP contribution is -2.22. The number of nitrogens with zero attached hydrogens (tertiary/aromatic N) is 3. The van der Waals surface area contributed by atoms with Crippen LogP contribution in [0.15, 0.2) is 28.4 Å². The number of hydrogen-bond acceptors (Lipinski definition) is 6. The van der Waals surface area contributed by atoms with Crippen LogP contribution in [0.3, 0.4) is 0 Å². The van der Waals surface area contributed by atoms with Crippen LogP contribution in [0.25, 0.3) is 10.9 Å². The van der Waals surface area contributed by atoms with Gasteiger partial charge in [0.05, 0.1) is 12.7 Å². The Bertz CT molecular complexity index is 1170. The van der Waals surface area contributed by atoms with E-state index in [9.17, 15) is 10.1 Å². The number of ether oxygens (including phenoxy) is 1. The zero-order valence-electron chi connectivity index (χ0n) is 17.0. The zero-order chi connectivity index (χ0) is 21.1. The highest BCUT2D eigenvalue weighted by atomic mass is 32.1. The Hall–Kier alpha value is -3.18. The minimum atomic E-state index is -0.0709. The van der Waals surface area contributed by atoms with Gasteiger partial charge < -0.3 is 15.0 Å². The molecule has 8 heteroatoms. The highest BCUT2D eigenvalue weighted by Crippen LogP contribution is 2.40. The van der Waals surface area contributed by atoms with Gasteiger partial charge in [-0.3, -0.25) is 4.79 Å². The number of aryl methyl sites for hydroxylation is 1. The highest BCUT2D eigenvalue weighted by molar-refractivity contribution is 7.16. The second kappa shape index (κ2) is 8.67. The third kappa shape index (κ3) is 3.94. The molecular weight excluding hydrogens is 398 g/mol. The Labute approximate surface area is 178 Å². The summed E-state index contributed by atoms with van der Waals surface area (Å²) in [6, 6.07) is 8.11. The van der Waals surface area contributed by atoms with E-state index in [2.05, 4.69) is 26.6 Å². The number of carbonyl (C=O) groups is 1. The predicted molar refractivity (Wildman–Crippen MR) is 117 cm³/mol. The maximum Gasteiger partial charge on any atom is 0.216 e. The number of benzene rings is 1. The van der Waals surface area contributed by atoms with Crippen molar-refractivity contribution in [3.8, 4) is 11.8 Å². The average Bonchev–Trinajstić information content (AvgIpc) is 3.28. The van der Waals surface area contributed by atoms with Crippen molar-refractivity contribution in [2.75, 3.05) is 13.7 Å². The molecule has 0 radical (unpaired) electrons. The van der Waals surface area contributed by atoms with E-state index in [0.717, 1.165) is 53.5 Å². The molecule has 0 saturated carbocycles. The minimum absolute atomic E-state index is 0.0709. The maximum absolute atomic E-state index is 11.3. The number of azo groups is 1. The molecule has 4 rings (SSSR count). The Balaban J connectivity index is 1.72. The molecule has 30 heavy (non-hydrogen) atoms. The monoisotopic (exact) mass is 421 g/mol. The van der Waals surface area contributed by atoms with E-state index in [4.69, 9.17) is 4.74 Å². The molecular formula is C22H23N5O2S. The summed E-state index contributed by atoms with van der Waals surface area (Å²) in [5, 5.41) is 23.1. The molecule has 2 N–H and O–H groups in total. The molecule has 0 bridgehead atoms. The summed E-state index contributed by atoms with van der Waals surface area (Å²) in [5.41, 5.74) is 3.70. The first-order chi connectivity index (χ1) is 14.6. The van der Waals surface area contributed by atoms with Crippen LogP contribution < -0.4 is 10.1 Å². The van der Waals surface area contributed by atoms with Gasteiger partial charge in [0.1, 0.15) is 11.8 Å². The molecule has 0 saturated heterocycles. The molecule has 0 spiro atoms. The number of nitriles is 1. The number of rotatable bonds is 6. The van der Waals surface area contributed by atoms with Gasteiger partial charge in [-0.1, -0.05) is 0 Å². The Morgan fingerprint density at radius 1 is 1.33 bits per heavy atom. The van der Waals surface area contributed by atoms with Gasteiger partial charge in [0.25, 0.3) is 0 Å². The van der Waals surface area contributed by atoms with E-state index >= 15 is 0 Å². The first kappa shape index (κ1) is 20.1. The van der Waals surface area contributed by atoms with Crippen LogP contribution in [0.5, 0.6) is 5.75 Å². The topological polar surface area (TPSA) is 103 Å². The maximum atomic E-state index is 11.3. The molecule has 1 aromatic carbocycles. The van der Waals surface area contributed by atoms with Crippen LogP contribution in [-0.4, -0.2) is 24.5 Å². The van der Waals surface area contributed by atoms with E-state index < -0.39 is 0 Å². The summed E-state index contributed by atoms with van der Waals surface area (Å²) >= 11 is 1.57. The average molecular weight is 422 g/mol. The lowest BCUT2D eigenvalue weighted by atomic mass is 9.96. The summed E-state index contributed by atoms with van der Waals surface area (Å²) in [7, 11) is 1.63. The van der Waals surface area contributed by atoms with Gasteiger partial charge in [-0.25, -0.2) is 0 Å². The van der Waals surface area contributed by atoms with Gasteiger partial charge in [-0.15, -0.1) is 21.6 Å². The van der Waals surface area contributed by atoms with Crippen molar-refractivity contribution in [2.24, 2.45) is 10.2 Å². The van der Waals surface area contributed by atoms with Crippen LogP contribution in [-0.2, 0) is 24.1 Å². The molecule has 2 aromatic heterocycles. The predicted octanol–water partition coefficient (Wildman–Crippen LogP) is 5.08. The Morgan fingerprint density at radius 3 is 2.93 bits per heavy atom. The number of aromatic nitrogens is 1. The van der Waals surface area contributed by atoms with Gasteiger partial charge in [0.2, 0.25) is 5.91 Å². The van der Waals surface area contributed by atoms with E-state index in [1.165, 1.54) is 11.8 Å². The standard InChI is InChI=1S/C22H23N5O2S/c1-13(28)24-10-9-16-17-11-14(29-2)7-8-19(17)25-21(16)26-27-22-18(12-23)15-5-3-4-6-20(15)30-22/h7-8,11,25H,3-6,9-10H2,1-2H3,(H,24,28)/b27-26-. The van der Waals surface area contributed by atoms with Crippen molar-refractivity contribution in [3.63, 3.8) is 0 Å². The molecule has 1 amide bonds. The molecule has 0 fully saturated rings. The van der Waals surface area contributed by atoms with Crippen molar-refractivity contribution in [3.05, 3.63) is 39.8 Å². The molecule has 154 valence electrons. The normalized spacial score (nSPS) is 13.4. The summed E-state index contributed by atoms with van der Waals surface area (Å²) in [6.45, 7) is 2.00. The Kier molecular flexibility index (Phi) is 5.81. The number of amides is 1. The third-order valence-electron chi connectivity index (χ3n) is 5.35. The summed E-state index contributed by atoms with van der Waals surface area (Å²) < 4.78 is 5.36. The summed E-state index contributed by atoms with van der Waals surface area (Å²) in [4.78, 5) is 15.9. The lowest BCUT2D eigenvalue weighted by Gasteiger charge is -2.09. The van der Waals surface area contributed by atoms with Crippen molar-refractivity contribution in [2.45, 2.75) is 39.0 Å². The van der Waals surface area contributed by atoms with E-state index in [1.807, 2.05) is 18.2 Å². The smallest absolute Gasteiger partial charge is 0.216 e. The molecule has 7 nitrogen and oxygen atoms in total. The third-order valence-corrected chi connectivity index (χ3v) is 6.52. The molecule has 1 aliphatic rings. The fourth-order valence-electron chi connectivity index (χ4n) is 3.87. The Morgan fingerprint density at radius 2 is 2.17 bits per heavy atom. The lowest BCUT2D eigenvalue weighted by molar-refractivity contribution is -0.118. The molecule has 0 aliphatic heterocycles. The molecule has 1 aliphatic carbocycles. The van der Waals surface area contributed by atoms with Gasteiger partial charge in [-0.2, -0.15) is 5.26 Å². The molecule has 0 unspecified atom stereocenters. The van der Waals surface area contributed by atoms with Crippen LogP contribution in [0, 0.1) is 11.3 Å². The van der Waals surface area contributed by atoms with Gasteiger partial charge >= 0.3 is 0 Å². The second-order valence-electron chi connectivity index (χ2n) is 7.30. The van der Waals surface area contributed by atoms with Crippen molar-refractivity contribution in [1.82, 2.24) is 10.3 Å². The first-order valence-corrected chi connectivity index (χ1v) is 10.8. The van der Waals surface area contributed by atoms with Crippen molar-refractivity contribution >= 4 is 39.0 Å². The highest BCUT2D eigenvalue weighted by Gasteiger charge is 2.21. The van der Waals surface area contributed by atoms with Gasteiger partial charge in [0.15, 0.2) is 10.8 Å². The number of nitrogens with one attached hydrogen (secondary N) is 2. The summed E-state index contributed by atoms with van der Waals surface area (Å²) in [5.74, 6) is 1.32. The van der Waals surface area contributed by atoms with E-state index in [-0.39, 0.29) is 5.91 Å². The molecule has 0 atom stereocenters. The van der Waals surface area contributed by atoms with Crippen LogP contribution in [0.2, 0.25) is 0 Å². The minimum Gasteiger partial charge on any atom is -0.497 e.